The fraction of sp³-hybridized carbons (Fsp3) is 0.528. The van der Waals surface area contributed by atoms with Crippen molar-refractivity contribution < 1.29 is 13.2 Å². The number of halogens is 3. The number of nitrogens with one attached hydrogen (secondary N) is 1. The van der Waals surface area contributed by atoms with E-state index in [9.17, 15) is 0 Å². The van der Waals surface area contributed by atoms with Crippen molar-refractivity contribution in [2.75, 3.05) is 41.4 Å². The maximum atomic E-state index is 16.1. The molecule has 2 saturated heterocycles. The minimum Gasteiger partial charge on any atom is -0.375 e. The Labute approximate surface area is 268 Å². The number of aromatic nitrogens is 2. The lowest BCUT2D eigenvalue weighted by molar-refractivity contribution is -0.0859. The fourth-order valence-corrected chi connectivity index (χ4v) is 8.89. The quantitative estimate of drug-likeness (QED) is 0.317. The Bertz CT molecular complexity index is 1490. The molecule has 1 aromatic heterocycles. The smallest absolute Gasteiger partial charge is 0.278 e. The third-order valence-electron chi connectivity index (χ3n) is 10.3. The third-order valence-corrected chi connectivity index (χ3v) is 11.9. The van der Waals surface area contributed by atoms with Gasteiger partial charge in [0, 0.05) is 42.5 Å². The fourth-order valence-electron chi connectivity index (χ4n) is 7.45. The van der Waals surface area contributed by atoms with Gasteiger partial charge in [-0.15, -0.1) is 0 Å². The Morgan fingerprint density at radius 2 is 1.71 bits per heavy atom. The summed E-state index contributed by atoms with van der Waals surface area (Å²) >= 11 is 0. The van der Waals surface area contributed by atoms with Crippen LogP contribution in [0.4, 0.5) is 24.8 Å². The highest BCUT2D eigenvalue weighted by atomic mass is 32.2. The van der Waals surface area contributed by atoms with Crippen molar-refractivity contribution in [3.8, 4) is 0 Å². The molecule has 0 unspecified atom stereocenters. The van der Waals surface area contributed by atoms with E-state index in [0.29, 0.717) is 37.7 Å². The van der Waals surface area contributed by atoms with E-state index in [1.807, 2.05) is 0 Å². The van der Waals surface area contributed by atoms with Crippen LogP contribution in [0, 0.1) is 17.7 Å². The molecule has 9 heteroatoms. The highest BCUT2D eigenvalue weighted by Crippen LogP contribution is 2.46. The third kappa shape index (κ3) is 6.47. The summed E-state index contributed by atoms with van der Waals surface area (Å²) in [6.07, 6.45) is 11.4. The van der Waals surface area contributed by atoms with Gasteiger partial charge >= 0.3 is 0 Å². The van der Waals surface area contributed by atoms with Gasteiger partial charge < -0.3 is 15.1 Å². The SMILES string of the molecule is C=C1CCCCCCN2C(=C)C(C3CCS(=C)CC3)=Cc3c(ncnc32)N[C@H](C)c2cccc(c2F)C(F)(F)C2CCN1CC2. The summed E-state index contributed by atoms with van der Waals surface area (Å²) in [7, 11) is 0.210. The molecule has 0 spiro atoms. The van der Waals surface area contributed by atoms with Crippen LogP contribution in [0.25, 0.3) is 6.08 Å². The molecule has 242 valence electrons. The topological polar surface area (TPSA) is 44.3 Å². The summed E-state index contributed by atoms with van der Waals surface area (Å²) in [4.78, 5) is 13.7. The standard InChI is InChI=1S/C36H46F3N5S/c1-24-10-7-5-6-8-17-44-26(3)30(27-15-20-45(4)21-16-27)22-31-34(40-23-41-35(31)44)42-25(2)29-11-9-12-32(33(29)37)36(38,39)28-13-18-43(24)19-14-28/h9,11-12,22-23,25,27-28H,1,3-8,10,13-21H2,2H3,(H,40,41,42)/t25-,27?,45?/m1/s1. The van der Waals surface area contributed by atoms with Gasteiger partial charge in [0.1, 0.15) is 23.8 Å². The molecule has 1 atom stereocenters. The van der Waals surface area contributed by atoms with E-state index in [1.54, 1.807) is 19.1 Å². The van der Waals surface area contributed by atoms with Crippen LogP contribution in [0.15, 0.2) is 54.7 Å². The van der Waals surface area contributed by atoms with Crippen molar-refractivity contribution in [2.45, 2.75) is 76.7 Å². The summed E-state index contributed by atoms with van der Waals surface area (Å²) in [6, 6.07) is 3.79. The van der Waals surface area contributed by atoms with E-state index in [0.717, 1.165) is 85.8 Å². The van der Waals surface area contributed by atoms with Crippen molar-refractivity contribution >= 4 is 34.1 Å². The van der Waals surface area contributed by atoms with Crippen molar-refractivity contribution in [3.63, 3.8) is 0 Å². The van der Waals surface area contributed by atoms with Crippen LogP contribution < -0.4 is 10.2 Å². The first kappa shape index (κ1) is 31.9. The molecule has 2 aromatic rings. The molecule has 45 heavy (non-hydrogen) atoms. The van der Waals surface area contributed by atoms with Crippen LogP contribution in [0.5, 0.6) is 0 Å². The van der Waals surface area contributed by atoms with Crippen molar-refractivity contribution in [1.82, 2.24) is 14.9 Å². The van der Waals surface area contributed by atoms with E-state index in [2.05, 4.69) is 45.2 Å². The van der Waals surface area contributed by atoms with Crippen LogP contribution in [-0.2, 0) is 5.92 Å². The lowest BCUT2D eigenvalue weighted by atomic mass is 9.85. The monoisotopic (exact) mass is 637 g/mol. The molecule has 5 aliphatic rings. The Kier molecular flexibility index (Phi) is 9.46. The maximum Gasteiger partial charge on any atom is 0.278 e. The Hall–Kier alpha value is -3.07. The van der Waals surface area contributed by atoms with E-state index in [1.165, 1.54) is 18.0 Å². The van der Waals surface area contributed by atoms with Crippen LogP contribution >= 0.6 is 10.5 Å². The number of fused-ring (bicyclic) bond motifs is 9. The second-order valence-corrected chi connectivity index (χ2v) is 15.2. The number of hydrogen-bond donors (Lipinski definition) is 1. The zero-order valence-electron chi connectivity index (χ0n) is 26.5. The van der Waals surface area contributed by atoms with Gasteiger partial charge in [0.25, 0.3) is 5.92 Å². The zero-order valence-corrected chi connectivity index (χ0v) is 27.3. The number of benzene rings is 1. The van der Waals surface area contributed by atoms with Gasteiger partial charge in [-0.05, 0) is 80.9 Å². The maximum absolute atomic E-state index is 16.1. The molecule has 0 radical (unpaired) electrons. The molecule has 8 bridgehead atoms. The first-order valence-corrected chi connectivity index (χ1v) is 18.2. The van der Waals surface area contributed by atoms with Gasteiger partial charge in [-0.1, -0.05) is 50.1 Å². The minimum absolute atomic E-state index is 0.201. The molecular weight excluding hydrogens is 591 g/mol. The average Bonchev–Trinajstić information content (AvgIpc) is 3.03. The number of anilines is 2. The summed E-state index contributed by atoms with van der Waals surface area (Å²) < 4.78 is 48.0. The molecule has 2 fully saturated rings. The van der Waals surface area contributed by atoms with Crippen LogP contribution in [-0.4, -0.2) is 51.9 Å². The summed E-state index contributed by atoms with van der Waals surface area (Å²) in [6.45, 7) is 12.5. The van der Waals surface area contributed by atoms with E-state index >= 15 is 13.2 Å². The number of alkyl halides is 2. The van der Waals surface area contributed by atoms with Gasteiger partial charge in [-0.2, -0.15) is 10.5 Å². The average molecular weight is 638 g/mol. The Balaban J connectivity index is 1.37. The number of rotatable bonds is 1. The van der Waals surface area contributed by atoms with Crippen molar-refractivity contribution in [3.05, 3.63) is 77.2 Å². The summed E-state index contributed by atoms with van der Waals surface area (Å²) in [5.41, 5.74) is 3.75. The van der Waals surface area contributed by atoms with Crippen LogP contribution in [0.1, 0.15) is 87.4 Å². The number of nitrogens with zero attached hydrogens (tertiary/aromatic N) is 4. The second-order valence-electron chi connectivity index (χ2n) is 13.1. The summed E-state index contributed by atoms with van der Waals surface area (Å²) in [5.74, 6) is 3.23. The molecule has 1 aromatic carbocycles. The number of piperidine rings is 1. The van der Waals surface area contributed by atoms with Crippen molar-refractivity contribution in [1.29, 1.82) is 0 Å². The molecule has 1 N–H and O–H groups in total. The second kappa shape index (κ2) is 13.3. The first-order valence-electron chi connectivity index (χ1n) is 16.5. The molecule has 0 aliphatic carbocycles. The van der Waals surface area contributed by atoms with E-state index < -0.39 is 29.3 Å². The van der Waals surface area contributed by atoms with Gasteiger partial charge in [0.2, 0.25) is 0 Å². The largest absolute Gasteiger partial charge is 0.375 e. The molecule has 5 aliphatic heterocycles. The van der Waals surface area contributed by atoms with Gasteiger partial charge in [-0.25, -0.2) is 23.1 Å². The minimum atomic E-state index is -3.27. The molecule has 7 rings (SSSR count). The lowest BCUT2D eigenvalue weighted by Crippen LogP contribution is -2.39. The highest BCUT2D eigenvalue weighted by molar-refractivity contribution is 8.14. The van der Waals surface area contributed by atoms with Gasteiger partial charge in [0.05, 0.1) is 17.2 Å². The Morgan fingerprint density at radius 3 is 2.47 bits per heavy atom. The molecular formula is C36H46F3N5S. The molecule has 5 nitrogen and oxygen atoms in total. The van der Waals surface area contributed by atoms with E-state index in [4.69, 9.17) is 4.98 Å². The van der Waals surface area contributed by atoms with Crippen molar-refractivity contribution in [2.24, 2.45) is 11.8 Å². The predicted molar refractivity (Wildman–Crippen MR) is 183 cm³/mol. The van der Waals surface area contributed by atoms with Gasteiger partial charge in [-0.3, -0.25) is 0 Å². The molecule has 6 heterocycles. The number of allylic oxidation sites excluding steroid dienone is 2. The lowest BCUT2D eigenvalue weighted by Gasteiger charge is -2.38. The first-order chi connectivity index (χ1) is 21.6. The number of hydrogen-bond acceptors (Lipinski definition) is 5. The molecule has 0 saturated carbocycles. The Morgan fingerprint density at radius 1 is 0.978 bits per heavy atom. The van der Waals surface area contributed by atoms with Gasteiger partial charge in [0.15, 0.2) is 0 Å². The summed E-state index contributed by atoms with van der Waals surface area (Å²) in [5, 5.41) is 3.38. The predicted octanol–water partition coefficient (Wildman–Crippen LogP) is 8.90. The zero-order chi connectivity index (χ0) is 31.7. The normalized spacial score (nSPS) is 26.6. The highest BCUT2D eigenvalue weighted by Gasteiger charge is 2.45. The molecule has 0 amide bonds. The van der Waals surface area contributed by atoms with E-state index in [-0.39, 0.29) is 16.0 Å². The van der Waals surface area contributed by atoms with Crippen LogP contribution in [0.2, 0.25) is 0 Å². The van der Waals surface area contributed by atoms with Crippen LogP contribution in [0.3, 0.4) is 0 Å².